The van der Waals surface area contributed by atoms with Crippen LogP contribution in [0.2, 0.25) is 0 Å². The third-order valence-electron chi connectivity index (χ3n) is 4.82. The maximum Gasteiger partial charge on any atom is 0.192 e. The van der Waals surface area contributed by atoms with Crippen LogP contribution in [0.25, 0.3) is 0 Å². The van der Waals surface area contributed by atoms with E-state index in [-0.39, 0.29) is 6.10 Å². The quantitative estimate of drug-likeness (QED) is 0.296. The number of benzene rings is 2. The normalized spacial score (nSPS) is 15.1. The van der Waals surface area contributed by atoms with E-state index in [9.17, 15) is 0 Å². The summed E-state index contributed by atoms with van der Waals surface area (Å²) in [5, 5.41) is 9.59. The molecule has 0 amide bonds. The first kappa shape index (κ1) is 20.3. The van der Waals surface area contributed by atoms with Gasteiger partial charge in [-0.25, -0.2) is 0 Å². The van der Waals surface area contributed by atoms with Gasteiger partial charge in [0.2, 0.25) is 0 Å². The van der Waals surface area contributed by atoms with E-state index >= 15 is 0 Å². The molecule has 0 radical (unpaired) electrons. The fourth-order valence-electron chi connectivity index (χ4n) is 3.40. The summed E-state index contributed by atoms with van der Waals surface area (Å²) in [6.07, 6.45) is 1.52. The van der Waals surface area contributed by atoms with Crippen LogP contribution < -0.4 is 14.2 Å². The number of aromatic nitrogens is 3. The zero-order valence-electron chi connectivity index (χ0n) is 17.2. The largest absolute Gasteiger partial charge is 0.492 e. The van der Waals surface area contributed by atoms with Gasteiger partial charge in [0.05, 0.1) is 6.61 Å². The number of hydrogen-bond acceptors (Lipinski definition) is 6. The Morgan fingerprint density at radius 3 is 2.67 bits per heavy atom. The molecule has 4 rings (SSSR count). The van der Waals surface area contributed by atoms with Crippen molar-refractivity contribution in [1.29, 1.82) is 0 Å². The molecule has 0 spiro atoms. The Bertz CT molecular complexity index is 1010. The fraction of sp³-hybridized carbons (Fsp3) is 0.304. The molecule has 1 aliphatic heterocycles. The molecule has 6 nitrogen and oxygen atoms in total. The number of fused-ring (bicyclic) bond motifs is 1. The van der Waals surface area contributed by atoms with E-state index in [1.165, 1.54) is 0 Å². The Morgan fingerprint density at radius 1 is 1.13 bits per heavy atom. The van der Waals surface area contributed by atoms with E-state index in [2.05, 4.69) is 42.8 Å². The molecule has 0 fully saturated rings. The minimum atomic E-state index is -0.312. The van der Waals surface area contributed by atoms with Crippen molar-refractivity contribution >= 4 is 11.8 Å². The van der Waals surface area contributed by atoms with E-state index in [0.29, 0.717) is 19.8 Å². The van der Waals surface area contributed by atoms with Crippen molar-refractivity contribution < 1.29 is 14.2 Å². The average Bonchev–Trinajstić information content (AvgIpc) is 3.15. The van der Waals surface area contributed by atoms with E-state index in [1.54, 1.807) is 11.8 Å². The lowest BCUT2D eigenvalue weighted by molar-refractivity contribution is 0.0821. The van der Waals surface area contributed by atoms with Crippen molar-refractivity contribution in [3.05, 3.63) is 72.1 Å². The van der Waals surface area contributed by atoms with Gasteiger partial charge in [-0.05, 0) is 37.1 Å². The Balaban J connectivity index is 1.42. The topological polar surface area (TPSA) is 58.4 Å². The van der Waals surface area contributed by atoms with Gasteiger partial charge in [0.1, 0.15) is 12.4 Å². The number of nitrogens with zero attached hydrogens (tertiary/aromatic N) is 3. The number of ether oxygens (including phenoxy) is 3. The van der Waals surface area contributed by atoms with Gasteiger partial charge < -0.3 is 14.2 Å². The Morgan fingerprint density at radius 2 is 1.90 bits per heavy atom. The van der Waals surface area contributed by atoms with Gasteiger partial charge in [-0.15, -0.1) is 16.8 Å². The lowest BCUT2D eigenvalue weighted by Gasteiger charge is -2.26. The van der Waals surface area contributed by atoms with Crippen LogP contribution in [0.4, 0.5) is 0 Å². The van der Waals surface area contributed by atoms with Crippen molar-refractivity contribution in [3.8, 4) is 17.2 Å². The van der Waals surface area contributed by atoms with Gasteiger partial charge in [0, 0.05) is 12.3 Å². The molecule has 7 heteroatoms. The molecule has 0 saturated carbocycles. The number of thioether (sulfide) groups is 1. The number of rotatable bonds is 8. The second-order valence-corrected chi connectivity index (χ2v) is 8.08. The van der Waals surface area contributed by atoms with Crippen LogP contribution >= 0.6 is 11.8 Å². The summed E-state index contributed by atoms with van der Waals surface area (Å²) in [6, 6.07) is 13.8. The molecule has 3 aromatic rings. The predicted octanol–water partition coefficient (Wildman–Crippen LogP) is 4.76. The molecular weight excluding hydrogens is 398 g/mol. The Kier molecular flexibility index (Phi) is 6.28. The smallest absolute Gasteiger partial charge is 0.192 e. The molecule has 1 aromatic heterocycles. The molecule has 2 aromatic carbocycles. The monoisotopic (exact) mass is 423 g/mol. The van der Waals surface area contributed by atoms with Crippen molar-refractivity contribution in [2.45, 2.75) is 31.7 Å². The second kappa shape index (κ2) is 9.26. The molecule has 0 N–H and O–H groups in total. The molecule has 1 atom stereocenters. The number of aryl methyl sites for hydroxylation is 2. The third kappa shape index (κ3) is 4.31. The van der Waals surface area contributed by atoms with E-state index in [4.69, 9.17) is 14.2 Å². The summed E-state index contributed by atoms with van der Waals surface area (Å²) >= 11 is 1.61. The number of hydrogen-bond donors (Lipinski definition) is 0. The highest BCUT2D eigenvalue weighted by molar-refractivity contribution is 7.99. The highest BCUT2D eigenvalue weighted by atomic mass is 32.2. The van der Waals surface area contributed by atoms with Crippen LogP contribution in [0.3, 0.4) is 0 Å². The lowest BCUT2D eigenvalue weighted by atomic mass is 10.1. The highest BCUT2D eigenvalue weighted by Crippen LogP contribution is 2.36. The molecule has 2 heterocycles. The summed E-state index contributed by atoms with van der Waals surface area (Å²) in [4.78, 5) is 0. The van der Waals surface area contributed by atoms with Crippen LogP contribution in [-0.2, 0) is 6.54 Å². The van der Waals surface area contributed by atoms with E-state index in [1.807, 2.05) is 41.0 Å². The van der Waals surface area contributed by atoms with Crippen molar-refractivity contribution in [3.63, 3.8) is 0 Å². The molecule has 1 aliphatic rings. The van der Waals surface area contributed by atoms with Gasteiger partial charge in [-0.1, -0.05) is 48.2 Å². The van der Waals surface area contributed by atoms with Crippen LogP contribution in [-0.4, -0.2) is 33.7 Å². The van der Waals surface area contributed by atoms with E-state index in [0.717, 1.165) is 45.1 Å². The van der Waals surface area contributed by atoms with Crippen molar-refractivity contribution in [2.24, 2.45) is 0 Å². The summed E-state index contributed by atoms with van der Waals surface area (Å²) in [7, 11) is 0. The summed E-state index contributed by atoms with van der Waals surface area (Å²) in [5.41, 5.74) is 2.29. The molecule has 156 valence electrons. The Labute approximate surface area is 180 Å². The molecule has 0 aliphatic carbocycles. The number of para-hydroxylation sites is 3. The minimum Gasteiger partial charge on any atom is -0.492 e. The number of allylic oxidation sites excluding steroid dienone is 1. The van der Waals surface area contributed by atoms with Gasteiger partial charge in [-0.2, -0.15) is 0 Å². The Hall–Kier alpha value is -2.93. The first-order valence-electron chi connectivity index (χ1n) is 9.91. The van der Waals surface area contributed by atoms with Crippen LogP contribution in [0.5, 0.6) is 17.2 Å². The van der Waals surface area contributed by atoms with Crippen molar-refractivity contribution in [1.82, 2.24) is 14.8 Å². The van der Waals surface area contributed by atoms with Crippen LogP contribution in [0.1, 0.15) is 23.1 Å². The zero-order valence-corrected chi connectivity index (χ0v) is 18.0. The van der Waals surface area contributed by atoms with E-state index < -0.39 is 0 Å². The summed E-state index contributed by atoms with van der Waals surface area (Å²) in [6.45, 7) is 9.58. The predicted molar refractivity (Wildman–Crippen MR) is 118 cm³/mol. The third-order valence-corrected chi connectivity index (χ3v) is 5.75. The average molecular weight is 424 g/mol. The molecule has 0 saturated heterocycles. The lowest BCUT2D eigenvalue weighted by Crippen LogP contribution is -2.25. The summed E-state index contributed by atoms with van der Waals surface area (Å²) in [5.74, 6) is 3.92. The maximum atomic E-state index is 6.11. The second-order valence-electron chi connectivity index (χ2n) is 7.02. The van der Waals surface area contributed by atoms with Gasteiger partial charge >= 0.3 is 0 Å². The summed E-state index contributed by atoms with van der Waals surface area (Å²) < 4.78 is 20.0. The first-order chi connectivity index (χ1) is 14.7. The van der Waals surface area contributed by atoms with Gasteiger partial charge in [-0.3, -0.25) is 4.57 Å². The molecule has 0 bridgehead atoms. The molecule has 1 unspecified atom stereocenters. The minimum absolute atomic E-state index is 0.312. The SMILES string of the molecule is C=CCn1c(SCCOc2c(C)cccc2C)nnc1C1COc2ccccc2O1. The standard InChI is InChI=1S/C23H25N3O3S/c1-4-12-26-22(20-15-28-18-10-5-6-11-19(18)29-20)24-25-23(26)30-14-13-27-21-16(2)8-7-9-17(21)3/h4-11,20H,1,12-15H2,2-3H3. The van der Waals surface area contributed by atoms with Crippen molar-refractivity contribution in [2.75, 3.05) is 19.0 Å². The van der Waals surface area contributed by atoms with Crippen LogP contribution in [0, 0.1) is 13.8 Å². The van der Waals surface area contributed by atoms with Gasteiger partial charge in [0.15, 0.2) is 28.6 Å². The van der Waals surface area contributed by atoms with Gasteiger partial charge in [0.25, 0.3) is 0 Å². The zero-order chi connectivity index (χ0) is 20.9. The fourth-order valence-corrected chi connectivity index (χ4v) is 4.17. The van der Waals surface area contributed by atoms with Crippen LogP contribution in [0.15, 0.2) is 60.3 Å². The highest BCUT2D eigenvalue weighted by Gasteiger charge is 2.28. The molecule has 30 heavy (non-hydrogen) atoms. The first-order valence-corrected chi connectivity index (χ1v) is 10.9. The molecular formula is C23H25N3O3S. The maximum absolute atomic E-state index is 6.11.